The number of hydrazone groups is 1. The van der Waals surface area contributed by atoms with Crippen molar-refractivity contribution in [2.24, 2.45) is 5.10 Å². The maximum absolute atomic E-state index is 12.3. The fraction of sp³-hybridized carbons (Fsp3) is 0.143. The molecule has 0 aliphatic rings. The first kappa shape index (κ1) is 14.9. The smallest absolute Gasteiger partial charge is 0.362 e. The summed E-state index contributed by atoms with van der Waals surface area (Å²) in [7, 11) is 0. The van der Waals surface area contributed by atoms with Crippen LogP contribution in [-0.4, -0.2) is 29.1 Å². The van der Waals surface area contributed by atoms with Crippen molar-refractivity contribution in [1.82, 2.24) is 4.98 Å². The van der Waals surface area contributed by atoms with Crippen LogP contribution in [0.25, 0.3) is 0 Å². The van der Waals surface area contributed by atoms with Gasteiger partial charge in [0, 0.05) is 17.1 Å². The fourth-order valence-corrected chi connectivity index (χ4v) is 1.97. The molecule has 108 valence electrons. The zero-order valence-corrected chi connectivity index (χ0v) is 12.1. The topological polar surface area (TPSA) is 80.7 Å². The number of hydrogen-bond donors (Lipinski definition) is 1. The number of nitrogens with zero attached hydrogens (tertiary/aromatic N) is 2. The highest BCUT2D eigenvalue weighted by molar-refractivity contribution is 7.13. The van der Waals surface area contributed by atoms with Gasteiger partial charge >= 0.3 is 5.97 Å². The van der Waals surface area contributed by atoms with Gasteiger partial charge in [-0.15, -0.1) is 11.3 Å². The van der Waals surface area contributed by atoms with E-state index in [1.54, 1.807) is 48.8 Å². The molecule has 0 atom stereocenters. The molecule has 0 saturated heterocycles. The van der Waals surface area contributed by atoms with E-state index in [0.717, 1.165) is 0 Å². The number of ether oxygens (including phenoxy) is 1. The van der Waals surface area contributed by atoms with Crippen LogP contribution in [0.1, 0.15) is 17.3 Å². The van der Waals surface area contributed by atoms with E-state index in [1.165, 1.54) is 11.3 Å². The molecular formula is C14H13N3O3S. The van der Waals surface area contributed by atoms with Crippen molar-refractivity contribution < 1.29 is 14.3 Å². The number of thiazole rings is 1. The summed E-state index contributed by atoms with van der Waals surface area (Å²) >= 11 is 1.30. The molecule has 2 rings (SSSR count). The Kier molecular flexibility index (Phi) is 5.16. The lowest BCUT2D eigenvalue weighted by molar-refractivity contribution is -0.134. The van der Waals surface area contributed by atoms with Crippen LogP contribution >= 0.6 is 11.3 Å². The summed E-state index contributed by atoms with van der Waals surface area (Å²) in [5.41, 5.74) is 2.65. The average Bonchev–Trinajstić information content (AvgIpc) is 3.02. The molecule has 1 aromatic carbocycles. The van der Waals surface area contributed by atoms with Gasteiger partial charge in [-0.25, -0.2) is 9.78 Å². The number of carbonyl (C=O) groups is 2. The van der Waals surface area contributed by atoms with Crippen molar-refractivity contribution in [1.29, 1.82) is 0 Å². The predicted molar refractivity (Wildman–Crippen MR) is 80.6 cm³/mol. The van der Waals surface area contributed by atoms with Crippen LogP contribution in [0.2, 0.25) is 0 Å². The summed E-state index contributed by atoms with van der Waals surface area (Å²) < 4.78 is 4.87. The number of hydrogen-bond acceptors (Lipinski definition) is 7. The van der Waals surface area contributed by atoms with E-state index in [1.807, 2.05) is 0 Å². The van der Waals surface area contributed by atoms with Crippen LogP contribution in [0.15, 0.2) is 47.0 Å². The van der Waals surface area contributed by atoms with Crippen molar-refractivity contribution in [3.05, 3.63) is 47.5 Å². The van der Waals surface area contributed by atoms with E-state index >= 15 is 0 Å². The summed E-state index contributed by atoms with van der Waals surface area (Å²) in [6, 6.07) is 8.43. The molecule has 7 heteroatoms. The second-order valence-electron chi connectivity index (χ2n) is 3.83. The van der Waals surface area contributed by atoms with E-state index in [-0.39, 0.29) is 12.3 Å². The Labute approximate surface area is 125 Å². The van der Waals surface area contributed by atoms with Crippen molar-refractivity contribution in [3.8, 4) is 0 Å². The van der Waals surface area contributed by atoms with Crippen molar-refractivity contribution in [3.63, 3.8) is 0 Å². The fourth-order valence-electron chi connectivity index (χ4n) is 1.50. The maximum Gasteiger partial charge on any atom is 0.362 e. The van der Waals surface area contributed by atoms with Crippen molar-refractivity contribution >= 4 is 33.9 Å². The minimum Gasteiger partial charge on any atom is -0.461 e. The molecule has 0 bridgehead atoms. The molecule has 1 N–H and O–H groups in total. The van der Waals surface area contributed by atoms with Gasteiger partial charge in [0.15, 0.2) is 0 Å². The molecule has 0 unspecified atom stereocenters. The second-order valence-corrected chi connectivity index (χ2v) is 4.72. The van der Waals surface area contributed by atoms with Crippen LogP contribution in [0, 0.1) is 0 Å². The zero-order chi connectivity index (χ0) is 15.1. The molecule has 21 heavy (non-hydrogen) atoms. The molecule has 0 saturated carbocycles. The number of carbonyl (C=O) groups excluding carboxylic acids is 2. The SMILES string of the molecule is CCOC(=O)/C(=N/Nc1nccs1)C(=O)c1ccccc1. The Morgan fingerprint density at radius 2 is 2.10 bits per heavy atom. The van der Waals surface area contributed by atoms with Crippen LogP contribution in [-0.2, 0) is 9.53 Å². The van der Waals surface area contributed by atoms with Gasteiger partial charge in [-0.1, -0.05) is 30.3 Å². The Balaban J connectivity index is 2.25. The third-order valence-electron chi connectivity index (χ3n) is 2.42. The molecule has 1 aromatic heterocycles. The number of ketones is 1. The van der Waals surface area contributed by atoms with Gasteiger partial charge in [0.2, 0.25) is 16.6 Å². The van der Waals surface area contributed by atoms with Gasteiger partial charge < -0.3 is 4.74 Å². The third kappa shape index (κ3) is 3.96. The highest BCUT2D eigenvalue weighted by Crippen LogP contribution is 2.11. The number of rotatable bonds is 6. The quantitative estimate of drug-likeness (QED) is 0.291. The number of Topliss-reactive ketones (excluding diaryl/α,β-unsaturated/α-hetero) is 1. The molecule has 0 fully saturated rings. The van der Waals surface area contributed by atoms with Gasteiger partial charge in [-0.05, 0) is 6.92 Å². The van der Waals surface area contributed by atoms with Gasteiger partial charge in [0.25, 0.3) is 0 Å². The third-order valence-corrected chi connectivity index (χ3v) is 3.09. The number of nitrogens with one attached hydrogen (secondary N) is 1. The van der Waals surface area contributed by atoms with Crippen LogP contribution < -0.4 is 5.43 Å². The first-order chi connectivity index (χ1) is 10.2. The van der Waals surface area contributed by atoms with Crippen molar-refractivity contribution in [2.45, 2.75) is 6.92 Å². The first-order valence-electron chi connectivity index (χ1n) is 6.22. The molecule has 0 radical (unpaired) electrons. The van der Waals surface area contributed by atoms with Crippen LogP contribution in [0.4, 0.5) is 5.13 Å². The number of aromatic nitrogens is 1. The monoisotopic (exact) mass is 303 g/mol. The molecule has 0 amide bonds. The molecule has 2 aromatic rings. The summed E-state index contributed by atoms with van der Waals surface area (Å²) in [6.45, 7) is 1.83. The van der Waals surface area contributed by atoms with Gasteiger partial charge in [-0.2, -0.15) is 5.10 Å². The summed E-state index contributed by atoms with van der Waals surface area (Å²) in [5.74, 6) is -1.27. The molecule has 6 nitrogen and oxygen atoms in total. The standard InChI is InChI=1S/C14H13N3O3S/c1-2-20-13(19)11(16-17-14-15-8-9-21-14)12(18)10-6-4-3-5-7-10/h3-9H,2H2,1H3,(H,15,17)/b16-11+. The number of esters is 1. The van der Waals surface area contributed by atoms with E-state index in [2.05, 4.69) is 15.5 Å². The summed E-state index contributed by atoms with van der Waals surface area (Å²) in [6.07, 6.45) is 1.59. The maximum atomic E-state index is 12.3. The highest BCUT2D eigenvalue weighted by Gasteiger charge is 2.23. The summed E-state index contributed by atoms with van der Waals surface area (Å²) in [5, 5.41) is 6.09. The number of benzene rings is 1. The molecule has 0 spiro atoms. The normalized spacial score (nSPS) is 11.0. The molecule has 1 heterocycles. The first-order valence-corrected chi connectivity index (χ1v) is 7.10. The zero-order valence-electron chi connectivity index (χ0n) is 11.3. The Bertz CT molecular complexity index is 639. The second kappa shape index (κ2) is 7.30. The highest BCUT2D eigenvalue weighted by atomic mass is 32.1. The van der Waals surface area contributed by atoms with Crippen LogP contribution in [0.3, 0.4) is 0 Å². The number of anilines is 1. The molecular weight excluding hydrogens is 290 g/mol. The van der Waals surface area contributed by atoms with E-state index < -0.39 is 11.8 Å². The molecule has 0 aliphatic carbocycles. The Morgan fingerprint density at radius 3 is 2.71 bits per heavy atom. The van der Waals surface area contributed by atoms with Crippen LogP contribution in [0.5, 0.6) is 0 Å². The molecule has 0 aliphatic heterocycles. The largest absolute Gasteiger partial charge is 0.461 e. The van der Waals surface area contributed by atoms with Crippen molar-refractivity contribution in [2.75, 3.05) is 12.0 Å². The predicted octanol–water partition coefficient (Wildman–Crippen LogP) is 2.36. The Hall–Kier alpha value is -2.54. The van der Waals surface area contributed by atoms with E-state index in [0.29, 0.717) is 10.7 Å². The van der Waals surface area contributed by atoms with E-state index in [4.69, 9.17) is 4.74 Å². The Morgan fingerprint density at radius 1 is 1.33 bits per heavy atom. The lowest BCUT2D eigenvalue weighted by Gasteiger charge is -2.05. The lowest BCUT2D eigenvalue weighted by atomic mass is 10.1. The van der Waals surface area contributed by atoms with Gasteiger partial charge in [0.05, 0.1) is 6.61 Å². The minimum absolute atomic E-state index is 0.164. The minimum atomic E-state index is -0.768. The lowest BCUT2D eigenvalue weighted by Crippen LogP contribution is -2.27. The van der Waals surface area contributed by atoms with Gasteiger partial charge in [0.1, 0.15) is 0 Å². The van der Waals surface area contributed by atoms with E-state index in [9.17, 15) is 9.59 Å². The average molecular weight is 303 g/mol. The van der Waals surface area contributed by atoms with Gasteiger partial charge in [-0.3, -0.25) is 10.2 Å². The summed E-state index contributed by atoms with van der Waals surface area (Å²) in [4.78, 5) is 28.2.